The lowest BCUT2D eigenvalue weighted by Gasteiger charge is -2.33. The molecule has 0 spiro atoms. The van der Waals surface area contributed by atoms with E-state index in [0.717, 1.165) is 24.6 Å². The lowest BCUT2D eigenvalue weighted by molar-refractivity contribution is 0.0914. The van der Waals surface area contributed by atoms with E-state index in [1.54, 1.807) is 18.4 Å². The fourth-order valence-electron chi connectivity index (χ4n) is 3.37. The fraction of sp³-hybridized carbons (Fsp3) is 0.476. The highest BCUT2D eigenvalue weighted by Gasteiger charge is 2.25. The fourth-order valence-corrected chi connectivity index (χ4v) is 3.37. The molecule has 1 atom stereocenters. The molecule has 1 N–H and O–H groups in total. The second-order valence-corrected chi connectivity index (χ2v) is 7.03. The van der Waals surface area contributed by atoms with Gasteiger partial charge in [-0.25, -0.2) is 0 Å². The molecule has 0 saturated carbocycles. The smallest absolute Gasteiger partial charge is 0.251 e. The molecule has 27 heavy (non-hydrogen) atoms. The molecule has 3 rings (SSSR count). The summed E-state index contributed by atoms with van der Waals surface area (Å²) in [6.07, 6.45) is 5.48. The van der Waals surface area contributed by atoms with Gasteiger partial charge in [0, 0.05) is 12.1 Å². The van der Waals surface area contributed by atoms with Crippen molar-refractivity contribution in [1.29, 1.82) is 0 Å². The number of ether oxygens (including phenoxy) is 1. The molecule has 1 aromatic carbocycles. The predicted octanol–water partition coefficient (Wildman–Crippen LogP) is 4.45. The molecule has 5 nitrogen and oxygen atoms in total. The van der Waals surface area contributed by atoms with Crippen molar-refractivity contribution in [3.05, 3.63) is 54.0 Å². The summed E-state index contributed by atoms with van der Waals surface area (Å²) in [4.78, 5) is 14.9. The first-order chi connectivity index (χ1) is 12.6. The van der Waals surface area contributed by atoms with Crippen LogP contribution in [-0.4, -0.2) is 36.5 Å². The van der Waals surface area contributed by atoms with Gasteiger partial charge in [-0.05, 0) is 76.2 Å². The van der Waals surface area contributed by atoms with Crippen molar-refractivity contribution in [2.45, 2.75) is 45.3 Å². The second kappa shape index (κ2) is 10.4. The van der Waals surface area contributed by atoms with Gasteiger partial charge in [0.15, 0.2) is 0 Å². The van der Waals surface area contributed by atoms with Crippen molar-refractivity contribution in [3.63, 3.8) is 0 Å². The van der Waals surface area contributed by atoms with Crippen LogP contribution >= 0.6 is 12.4 Å². The Bertz CT molecular complexity index is 680. The van der Waals surface area contributed by atoms with Crippen molar-refractivity contribution in [2.24, 2.45) is 0 Å². The van der Waals surface area contributed by atoms with Crippen molar-refractivity contribution < 1.29 is 13.9 Å². The number of carbonyl (C=O) groups excluding carboxylic acids is 1. The Kier molecular flexibility index (Phi) is 8.20. The number of rotatable bonds is 7. The van der Waals surface area contributed by atoms with E-state index < -0.39 is 0 Å². The third kappa shape index (κ3) is 6.01. The number of halogens is 1. The number of hydrogen-bond donors (Lipinski definition) is 1. The van der Waals surface area contributed by atoms with Crippen LogP contribution in [0.15, 0.2) is 47.1 Å². The van der Waals surface area contributed by atoms with Crippen molar-refractivity contribution in [1.82, 2.24) is 10.2 Å². The highest BCUT2D eigenvalue weighted by Crippen LogP contribution is 2.24. The number of furan rings is 1. The second-order valence-electron chi connectivity index (χ2n) is 7.03. The minimum Gasteiger partial charge on any atom is -0.491 e. The zero-order valence-electron chi connectivity index (χ0n) is 16.0. The van der Waals surface area contributed by atoms with Crippen LogP contribution in [0, 0.1) is 0 Å². The Labute approximate surface area is 167 Å². The van der Waals surface area contributed by atoms with E-state index in [-0.39, 0.29) is 30.5 Å². The Balaban J connectivity index is 0.00000261. The van der Waals surface area contributed by atoms with Crippen LogP contribution in [-0.2, 0) is 0 Å². The third-order valence-electron chi connectivity index (χ3n) is 4.65. The summed E-state index contributed by atoms with van der Waals surface area (Å²) in [6.45, 7) is 6.59. The van der Waals surface area contributed by atoms with Crippen LogP contribution < -0.4 is 10.1 Å². The SMILES string of the molecule is CC(C)Oc1ccc(C(=O)NCC(c2ccco2)N2CCCCC2)cc1.Cl. The monoisotopic (exact) mass is 392 g/mol. The van der Waals surface area contributed by atoms with Gasteiger partial charge in [-0.2, -0.15) is 0 Å². The lowest BCUT2D eigenvalue weighted by atomic mass is 10.1. The van der Waals surface area contributed by atoms with Gasteiger partial charge >= 0.3 is 0 Å². The molecular weight excluding hydrogens is 364 g/mol. The maximum Gasteiger partial charge on any atom is 0.251 e. The van der Waals surface area contributed by atoms with E-state index in [1.807, 2.05) is 38.1 Å². The van der Waals surface area contributed by atoms with Crippen LogP contribution in [0.5, 0.6) is 5.75 Å². The molecule has 0 radical (unpaired) electrons. The summed E-state index contributed by atoms with van der Waals surface area (Å²) in [5.74, 6) is 1.61. The molecular formula is C21H29ClN2O3. The highest BCUT2D eigenvalue weighted by molar-refractivity contribution is 5.94. The summed E-state index contributed by atoms with van der Waals surface area (Å²) in [5.41, 5.74) is 0.637. The third-order valence-corrected chi connectivity index (χ3v) is 4.65. The Morgan fingerprint density at radius 1 is 1.15 bits per heavy atom. The average Bonchev–Trinajstić information content (AvgIpc) is 3.17. The van der Waals surface area contributed by atoms with Gasteiger partial charge in [-0.15, -0.1) is 12.4 Å². The van der Waals surface area contributed by atoms with E-state index in [0.29, 0.717) is 12.1 Å². The van der Waals surface area contributed by atoms with Gasteiger partial charge in [0.2, 0.25) is 0 Å². The quantitative estimate of drug-likeness (QED) is 0.756. The average molecular weight is 393 g/mol. The summed E-state index contributed by atoms with van der Waals surface area (Å²) in [6, 6.07) is 11.3. The molecule has 1 unspecified atom stereocenters. The van der Waals surface area contributed by atoms with Gasteiger partial charge < -0.3 is 14.5 Å². The first kappa shape index (κ1) is 21.3. The Morgan fingerprint density at radius 2 is 1.85 bits per heavy atom. The van der Waals surface area contributed by atoms with E-state index in [4.69, 9.17) is 9.15 Å². The van der Waals surface area contributed by atoms with Crippen LogP contribution in [0.4, 0.5) is 0 Å². The molecule has 2 aromatic rings. The first-order valence-corrected chi connectivity index (χ1v) is 9.46. The molecule has 1 amide bonds. The van der Waals surface area contributed by atoms with Crippen molar-refractivity contribution in [2.75, 3.05) is 19.6 Å². The number of likely N-dealkylation sites (tertiary alicyclic amines) is 1. The van der Waals surface area contributed by atoms with Crippen molar-refractivity contribution in [3.8, 4) is 5.75 Å². The van der Waals surface area contributed by atoms with E-state index in [2.05, 4.69) is 10.2 Å². The number of benzene rings is 1. The van der Waals surface area contributed by atoms with E-state index in [1.165, 1.54) is 19.3 Å². The normalized spacial score (nSPS) is 15.8. The lowest BCUT2D eigenvalue weighted by Crippen LogP contribution is -2.40. The summed E-state index contributed by atoms with van der Waals surface area (Å²) >= 11 is 0. The highest BCUT2D eigenvalue weighted by atomic mass is 35.5. The minimum absolute atomic E-state index is 0. The number of nitrogens with one attached hydrogen (secondary N) is 1. The Hall–Kier alpha value is -1.98. The number of nitrogens with zero attached hydrogens (tertiary/aromatic N) is 1. The van der Waals surface area contributed by atoms with Gasteiger partial charge in [0.05, 0.1) is 18.4 Å². The first-order valence-electron chi connectivity index (χ1n) is 9.46. The molecule has 1 saturated heterocycles. The largest absolute Gasteiger partial charge is 0.491 e. The molecule has 1 aliphatic heterocycles. The summed E-state index contributed by atoms with van der Waals surface area (Å²) in [7, 11) is 0. The van der Waals surface area contributed by atoms with Crippen molar-refractivity contribution >= 4 is 18.3 Å². The number of carbonyl (C=O) groups is 1. The molecule has 1 aliphatic rings. The molecule has 1 fully saturated rings. The van der Waals surface area contributed by atoms with Gasteiger partial charge in [-0.1, -0.05) is 6.42 Å². The number of amides is 1. The van der Waals surface area contributed by atoms with E-state index in [9.17, 15) is 4.79 Å². The van der Waals surface area contributed by atoms with Gasteiger partial charge in [-0.3, -0.25) is 9.69 Å². The van der Waals surface area contributed by atoms with Crippen LogP contribution in [0.1, 0.15) is 55.3 Å². The van der Waals surface area contributed by atoms with Crippen LogP contribution in [0.25, 0.3) is 0 Å². The number of hydrogen-bond acceptors (Lipinski definition) is 4. The molecule has 0 bridgehead atoms. The zero-order chi connectivity index (χ0) is 18.4. The summed E-state index contributed by atoms with van der Waals surface area (Å²) < 4.78 is 11.3. The molecule has 148 valence electrons. The Morgan fingerprint density at radius 3 is 2.44 bits per heavy atom. The zero-order valence-corrected chi connectivity index (χ0v) is 16.8. The standard InChI is InChI=1S/C21H28N2O3.ClH/c1-16(2)26-18-10-8-17(9-11-18)21(24)22-15-19(20-7-6-14-25-20)23-12-4-3-5-13-23;/h6-11,14,16,19H,3-5,12-13,15H2,1-2H3,(H,22,24);1H. The van der Waals surface area contributed by atoms with Crippen LogP contribution in [0.3, 0.4) is 0 Å². The topological polar surface area (TPSA) is 54.7 Å². The molecule has 1 aromatic heterocycles. The number of piperidine rings is 1. The van der Waals surface area contributed by atoms with Gasteiger partial charge in [0.25, 0.3) is 5.91 Å². The maximum atomic E-state index is 12.5. The van der Waals surface area contributed by atoms with Gasteiger partial charge in [0.1, 0.15) is 11.5 Å². The predicted molar refractivity (Wildman–Crippen MR) is 109 cm³/mol. The minimum atomic E-state index is -0.0744. The molecule has 2 heterocycles. The maximum absolute atomic E-state index is 12.5. The van der Waals surface area contributed by atoms with Crippen LogP contribution in [0.2, 0.25) is 0 Å². The molecule has 6 heteroatoms. The molecule has 0 aliphatic carbocycles. The van der Waals surface area contributed by atoms with E-state index >= 15 is 0 Å². The summed E-state index contributed by atoms with van der Waals surface area (Å²) in [5, 5.41) is 3.06.